The molecule has 12 N–H and O–H groups in total. The molecule has 0 bridgehead atoms. The van der Waals surface area contributed by atoms with E-state index in [0.29, 0.717) is 143 Å². The summed E-state index contributed by atoms with van der Waals surface area (Å²) in [4.78, 5) is 123. The van der Waals surface area contributed by atoms with E-state index in [4.69, 9.17) is 29.5 Å². The fraction of sp³-hybridized carbons (Fsp3) is 0.862. The number of rotatable bonds is 19. The van der Waals surface area contributed by atoms with Crippen LogP contribution in [0.2, 0.25) is 0 Å². The first-order valence-electron chi connectivity index (χ1n) is 36.6. The van der Waals surface area contributed by atoms with E-state index in [1.54, 1.807) is 52.2 Å². The number of ether oxygens (including phenoxy) is 4. The number of esters is 4. The van der Waals surface area contributed by atoms with Crippen molar-refractivity contribution in [3.63, 3.8) is 0 Å². The molecule has 7 aliphatic rings. The molecular formula is C65H129BrN20O16. The Morgan fingerprint density at radius 2 is 0.520 bits per heavy atom. The van der Waals surface area contributed by atoms with Crippen LogP contribution in [0.25, 0.3) is 0 Å². The summed E-state index contributed by atoms with van der Waals surface area (Å²) < 4.78 is 19.7. The summed E-state index contributed by atoms with van der Waals surface area (Å²) in [5.41, 5.74) is 0. The molecule has 0 saturated carbocycles. The Hall–Kier alpha value is -5.01. The smallest absolute Gasteiger partial charge is 0.320 e. The predicted molar refractivity (Wildman–Crippen MR) is 391 cm³/mol. The molecule has 7 rings (SSSR count). The Labute approximate surface area is 614 Å². The lowest BCUT2D eigenvalue weighted by Crippen LogP contribution is -2.51. The molecule has 0 aromatic carbocycles. The molecule has 36 nitrogen and oxygen atoms in total. The fourth-order valence-corrected chi connectivity index (χ4v) is 11.6. The van der Waals surface area contributed by atoms with Crippen LogP contribution in [0.15, 0.2) is 0 Å². The summed E-state index contributed by atoms with van der Waals surface area (Å²) in [6.07, 6.45) is 2.36. The van der Waals surface area contributed by atoms with Gasteiger partial charge in [-0.25, -0.2) is 0 Å². The molecule has 0 spiro atoms. The lowest BCUT2D eigenvalue weighted by atomic mass is 10.3. The zero-order valence-electron chi connectivity index (χ0n) is 61.7. The van der Waals surface area contributed by atoms with E-state index >= 15 is 0 Å². The number of nitrogens with zero attached hydrogens (tertiary/aromatic N) is 11. The SMILES string of the molecule is C1CN2CCN3CCN(CCN1)C23.C1CNCCNCCNCCN1.CCOC(=O)CBr.CCOC(=O)CN1CCN(C=O)CCN(CC(=O)OCC)CCN(CC(=O)OCC)CC1.O=C(O)CN1CCNCCN(CC(=O)O)CCN(CC(=O)O)CC1.O=CN1CCNCCNCCNCC1. The number of halogens is 1. The minimum atomic E-state index is -0.960. The van der Waals surface area contributed by atoms with Crippen molar-refractivity contribution < 1.29 is 77.4 Å². The molecule has 7 fully saturated rings. The Morgan fingerprint density at radius 1 is 0.304 bits per heavy atom. The van der Waals surface area contributed by atoms with Crippen molar-refractivity contribution in [3.05, 3.63) is 0 Å². The summed E-state index contributed by atoms with van der Waals surface area (Å²) in [6, 6.07) is 0. The van der Waals surface area contributed by atoms with Crippen molar-refractivity contribution in [2.45, 2.75) is 34.0 Å². The lowest BCUT2D eigenvalue weighted by molar-refractivity contribution is -0.146. The fourth-order valence-electron chi connectivity index (χ4n) is 11.5. The molecule has 7 saturated heterocycles. The minimum absolute atomic E-state index is 0.0896. The maximum Gasteiger partial charge on any atom is 0.320 e. The number of alkyl halides is 1. The Morgan fingerprint density at radius 3 is 0.784 bits per heavy atom. The number of carboxylic acids is 3. The average Bonchev–Trinajstić information content (AvgIpc) is 1.65. The van der Waals surface area contributed by atoms with Gasteiger partial charge in [0.05, 0.1) is 65.7 Å². The van der Waals surface area contributed by atoms with E-state index in [0.717, 1.165) is 131 Å². The van der Waals surface area contributed by atoms with Gasteiger partial charge in [-0.1, -0.05) is 15.9 Å². The molecule has 7 heterocycles. The van der Waals surface area contributed by atoms with Crippen LogP contribution in [0.5, 0.6) is 0 Å². The van der Waals surface area contributed by atoms with Gasteiger partial charge in [0, 0.05) is 262 Å². The molecule has 0 aromatic rings. The molecule has 0 aliphatic carbocycles. The number of carbonyl (C=O) groups excluding carboxylic acids is 6. The van der Waals surface area contributed by atoms with Crippen LogP contribution in [0.4, 0.5) is 0 Å². The second-order valence-electron chi connectivity index (χ2n) is 24.7. The summed E-state index contributed by atoms with van der Waals surface area (Å²) >= 11 is 2.94. The molecule has 0 unspecified atom stereocenters. The molecule has 0 radical (unpaired) electrons. The summed E-state index contributed by atoms with van der Waals surface area (Å²) in [6.45, 7) is 42.0. The largest absolute Gasteiger partial charge is 0.480 e. The second kappa shape index (κ2) is 62.2. The highest BCUT2D eigenvalue weighted by atomic mass is 79.9. The standard InChI is InChI=1S/C21H38N4O7.C14H26N4O6.C9H20N4O.C9H18N4.C8H20N4.C4H7BrO2/c1-4-30-19(27)15-22-7-9-23(16-20(28)31-5-2)11-13-25(18-26)14-12-24(10-8-22)17-21(29)32-6-3;19-12(20)9-16-3-1-15-2-4-17(10-13(21)22)6-8-18(7-5-16)11-14(23)24;14-9-13-7-5-11-3-1-10-2-4-12-6-8-13;1-3-11-5-7-13-8-6-12(9(11)13)4-2-10-1;1-2-10-5-6-12-8-7-11-4-3-9-1;1-2-7-4(6)3-5/h18H,4-17H2,1-3H3;15H,1-11H2,(H,19,20)(H,21,22)(H,23,24);9-12H,1-8H2;9-10H,1-8H2;9-12H,1-8H2;2-3H2,1H3. The van der Waals surface area contributed by atoms with Crippen LogP contribution in [0, 0.1) is 0 Å². The molecule has 37 heteroatoms. The molecule has 0 atom stereocenters. The van der Waals surface area contributed by atoms with Gasteiger partial charge in [-0.3, -0.25) is 87.3 Å². The van der Waals surface area contributed by atoms with Gasteiger partial charge in [0.2, 0.25) is 12.8 Å². The van der Waals surface area contributed by atoms with Crippen LogP contribution in [0.1, 0.15) is 27.7 Å². The van der Waals surface area contributed by atoms with Crippen LogP contribution in [-0.2, 0) is 62.1 Å². The highest BCUT2D eigenvalue weighted by molar-refractivity contribution is 9.09. The van der Waals surface area contributed by atoms with Crippen molar-refractivity contribution >= 4 is 70.5 Å². The predicted octanol–water partition coefficient (Wildman–Crippen LogP) is -6.86. The first-order valence-corrected chi connectivity index (χ1v) is 37.7. The molecule has 0 aromatic heterocycles. The minimum Gasteiger partial charge on any atom is -0.480 e. The zero-order chi connectivity index (χ0) is 74.6. The molecule has 592 valence electrons. The van der Waals surface area contributed by atoms with Gasteiger partial charge in [-0.05, 0) is 27.7 Å². The van der Waals surface area contributed by atoms with E-state index in [1.807, 2.05) is 14.7 Å². The zero-order valence-corrected chi connectivity index (χ0v) is 63.3. The second-order valence-corrected chi connectivity index (χ2v) is 25.2. The number of nitrogens with one attached hydrogen (secondary N) is 9. The Kier molecular flexibility index (Phi) is 56.8. The summed E-state index contributed by atoms with van der Waals surface area (Å²) in [7, 11) is 0. The third kappa shape index (κ3) is 48.9. The summed E-state index contributed by atoms with van der Waals surface area (Å²) in [5.74, 6) is -3.97. The number of carboxylic acid groups (broad SMARTS) is 3. The number of aliphatic carboxylic acids is 3. The number of amides is 2. The van der Waals surface area contributed by atoms with Gasteiger partial charge in [0.25, 0.3) is 0 Å². The number of carbonyl (C=O) groups is 9. The van der Waals surface area contributed by atoms with Crippen LogP contribution in [-0.4, -0.2) is 463 Å². The maximum absolute atomic E-state index is 12.1. The molecule has 2 amide bonds. The quantitative estimate of drug-likeness (QED) is 0.0247. The Bertz CT molecular complexity index is 2100. The molecule has 102 heavy (non-hydrogen) atoms. The first-order chi connectivity index (χ1) is 49.5. The van der Waals surface area contributed by atoms with Crippen molar-refractivity contribution in [2.75, 3.05) is 333 Å². The van der Waals surface area contributed by atoms with Crippen LogP contribution in [0.3, 0.4) is 0 Å². The Balaban J connectivity index is 0.000000443. The third-order valence-electron chi connectivity index (χ3n) is 16.8. The lowest BCUT2D eigenvalue weighted by Gasteiger charge is -2.34. The van der Waals surface area contributed by atoms with Crippen LogP contribution >= 0.6 is 15.9 Å². The van der Waals surface area contributed by atoms with Gasteiger partial charge in [-0.15, -0.1) is 0 Å². The van der Waals surface area contributed by atoms with Gasteiger partial charge in [-0.2, -0.15) is 0 Å². The molecular weight excluding hydrogens is 1400 g/mol. The van der Waals surface area contributed by atoms with E-state index in [-0.39, 0.29) is 63.1 Å². The average molecular weight is 1530 g/mol. The van der Waals surface area contributed by atoms with E-state index in [2.05, 4.69) is 83.2 Å². The van der Waals surface area contributed by atoms with Gasteiger partial charge in [0.1, 0.15) is 11.6 Å². The number of hydrogen-bond donors (Lipinski definition) is 12. The first kappa shape index (κ1) is 93.1. The summed E-state index contributed by atoms with van der Waals surface area (Å²) in [5, 5.41) is 57.2. The van der Waals surface area contributed by atoms with Gasteiger partial charge < -0.3 is 91.9 Å². The topological polar surface area (TPSA) is 395 Å². The van der Waals surface area contributed by atoms with E-state index in [1.165, 1.54) is 39.3 Å². The van der Waals surface area contributed by atoms with E-state index in [9.17, 15) is 43.2 Å². The third-order valence-corrected chi connectivity index (χ3v) is 17.3. The molecule has 7 aliphatic heterocycles. The van der Waals surface area contributed by atoms with Crippen molar-refractivity contribution in [2.24, 2.45) is 0 Å². The van der Waals surface area contributed by atoms with E-state index < -0.39 is 17.9 Å². The normalized spacial score (nSPS) is 20.9. The van der Waals surface area contributed by atoms with Crippen molar-refractivity contribution in [3.8, 4) is 0 Å². The maximum atomic E-state index is 12.1. The van der Waals surface area contributed by atoms with Crippen LogP contribution < -0.4 is 47.9 Å². The van der Waals surface area contributed by atoms with Gasteiger partial charge in [0.15, 0.2) is 0 Å². The van der Waals surface area contributed by atoms with Crippen molar-refractivity contribution in [1.29, 1.82) is 0 Å². The van der Waals surface area contributed by atoms with Crippen molar-refractivity contribution in [1.82, 2.24) is 102 Å². The highest BCUT2D eigenvalue weighted by Crippen LogP contribution is 2.23. The highest BCUT2D eigenvalue weighted by Gasteiger charge is 2.40. The monoisotopic (exact) mass is 1520 g/mol. The number of hydrogen-bond acceptors (Lipinski definition) is 31. The van der Waals surface area contributed by atoms with Gasteiger partial charge >= 0.3 is 41.8 Å².